The van der Waals surface area contributed by atoms with Gasteiger partial charge in [0.25, 0.3) is 0 Å². The van der Waals surface area contributed by atoms with Crippen LogP contribution in [0.5, 0.6) is 0 Å². The molecule has 0 spiro atoms. The Balaban J connectivity index is 1.71. The molecule has 1 saturated heterocycles. The molecule has 0 amide bonds. The molecule has 4 nitrogen and oxygen atoms in total. The molecule has 0 aliphatic carbocycles. The largest absolute Gasteiger partial charge is 0.282 e. The lowest BCUT2D eigenvalue weighted by atomic mass is 9.97. The van der Waals surface area contributed by atoms with Crippen LogP contribution in [0, 0.1) is 11.6 Å². The number of sulfone groups is 1. The second-order valence-corrected chi connectivity index (χ2v) is 10.4. The monoisotopic (exact) mass is 466 g/mol. The lowest BCUT2D eigenvalue weighted by Gasteiger charge is -2.41. The molecule has 0 saturated carbocycles. The maximum Gasteiger partial charge on any atom is 0.176 e. The summed E-state index contributed by atoms with van der Waals surface area (Å²) in [6.07, 6.45) is 2.77. The van der Waals surface area contributed by atoms with Crippen LogP contribution < -0.4 is 0 Å². The van der Waals surface area contributed by atoms with Crippen molar-refractivity contribution in [3.8, 4) is 0 Å². The minimum Gasteiger partial charge on any atom is -0.282 e. The summed E-state index contributed by atoms with van der Waals surface area (Å²) in [5.74, 6) is -1.63. The van der Waals surface area contributed by atoms with Crippen LogP contribution >= 0.6 is 22.9 Å². The van der Waals surface area contributed by atoms with Gasteiger partial charge in [0.2, 0.25) is 0 Å². The molecule has 1 aromatic heterocycles. The van der Waals surface area contributed by atoms with Crippen LogP contribution in [-0.4, -0.2) is 37.6 Å². The minimum absolute atomic E-state index is 0.0221. The number of nitrogens with zero attached hydrogens (tertiary/aromatic N) is 2. The van der Waals surface area contributed by atoms with Gasteiger partial charge >= 0.3 is 0 Å². The molecular formula is C21H17ClF2N2O2S2. The van der Waals surface area contributed by atoms with Gasteiger partial charge in [0.05, 0.1) is 10.9 Å². The van der Waals surface area contributed by atoms with Gasteiger partial charge in [0.1, 0.15) is 16.6 Å². The van der Waals surface area contributed by atoms with Gasteiger partial charge in [-0.25, -0.2) is 22.2 Å². The fourth-order valence-corrected chi connectivity index (χ4v) is 5.78. The van der Waals surface area contributed by atoms with Crippen molar-refractivity contribution in [3.63, 3.8) is 0 Å². The van der Waals surface area contributed by atoms with Crippen LogP contribution in [0.3, 0.4) is 0 Å². The lowest BCUT2D eigenvalue weighted by molar-refractivity contribution is 0.203. The van der Waals surface area contributed by atoms with Crippen molar-refractivity contribution in [2.75, 3.05) is 19.3 Å². The molecule has 1 aliphatic rings. The first kappa shape index (κ1) is 21.1. The first-order valence-corrected chi connectivity index (χ1v) is 12.1. The highest BCUT2D eigenvalue weighted by Gasteiger charge is 2.35. The van der Waals surface area contributed by atoms with Crippen LogP contribution in [-0.2, 0) is 9.84 Å². The summed E-state index contributed by atoms with van der Waals surface area (Å²) >= 11 is 7.52. The van der Waals surface area contributed by atoms with Crippen molar-refractivity contribution in [1.82, 2.24) is 9.88 Å². The molecular weight excluding hydrogens is 450 g/mol. The summed E-state index contributed by atoms with van der Waals surface area (Å²) < 4.78 is 52.4. The van der Waals surface area contributed by atoms with Crippen molar-refractivity contribution in [1.29, 1.82) is 0 Å². The van der Waals surface area contributed by atoms with Crippen LogP contribution in [0.4, 0.5) is 8.78 Å². The number of rotatable bonds is 5. The molecule has 0 radical (unpaired) electrons. The Morgan fingerprint density at radius 3 is 2.30 bits per heavy atom. The Morgan fingerprint density at radius 1 is 1.13 bits per heavy atom. The smallest absolute Gasteiger partial charge is 0.176 e. The van der Waals surface area contributed by atoms with Crippen LogP contribution in [0.15, 0.2) is 59.6 Å². The summed E-state index contributed by atoms with van der Waals surface area (Å²) in [6, 6.07) is 10.1. The third kappa shape index (κ3) is 4.32. The van der Waals surface area contributed by atoms with E-state index < -0.39 is 21.5 Å². The van der Waals surface area contributed by atoms with Gasteiger partial charge in [-0.15, -0.1) is 11.3 Å². The third-order valence-electron chi connectivity index (χ3n) is 4.84. The normalized spacial score (nSPS) is 15.7. The van der Waals surface area contributed by atoms with E-state index in [4.69, 9.17) is 11.6 Å². The molecule has 0 bridgehead atoms. The number of halogens is 3. The van der Waals surface area contributed by atoms with E-state index in [1.165, 1.54) is 11.3 Å². The maximum atomic E-state index is 13.7. The van der Waals surface area contributed by atoms with Crippen LogP contribution in [0.25, 0.3) is 4.91 Å². The molecule has 9 heteroatoms. The summed E-state index contributed by atoms with van der Waals surface area (Å²) in [6.45, 7) is 0.681. The molecule has 1 aliphatic heterocycles. The Hall–Kier alpha value is -2.13. The summed E-state index contributed by atoms with van der Waals surface area (Å²) in [7, 11) is -3.70. The quantitative estimate of drug-likeness (QED) is 0.534. The van der Waals surface area contributed by atoms with E-state index in [2.05, 4.69) is 9.88 Å². The molecule has 156 valence electrons. The molecule has 4 rings (SSSR count). The lowest BCUT2D eigenvalue weighted by Crippen LogP contribution is -2.44. The van der Waals surface area contributed by atoms with Gasteiger partial charge < -0.3 is 0 Å². The molecule has 2 heterocycles. The molecule has 3 aromatic rings. The number of benzene rings is 2. The van der Waals surface area contributed by atoms with E-state index >= 15 is 0 Å². The fraction of sp³-hybridized carbons (Fsp3) is 0.190. The van der Waals surface area contributed by atoms with E-state index in [0.717, 1.165) is 35.0 Å². The molecule has 0 N–H and O–H groups in total. The molecule has 2 aromatic carbocycles. The topological polar surface area (TPSA) is 50.3 Å². The number of hydrogen-bond donors (Lipinski definition) is 0. The molecule has 0 unspecified atom stereocenters. The van der Waals surface area contributed by atoms with Crippen molar-refractivity contribution in [2.45, 2.75) is 6.04 Å². The zero-order valence-electron chi connectivity index (χ0n) is 15.8. The first-order valence-electron chi connectivity index (χ1n) is 9.00. The average Bonchev–Trinajstić information content (AvgIpc) is 3.13. The summed E-state index contributed by atoms with van der Waals surface area (Å²) in [4.78, 5) is 6.47. The second-order valence-electron chi connectivity index (χ2n) is 7.09. The Kier molecular flexibility index (Phi) is 5.76. The van der Waals surface area contributed by atoms with Gasteiger partial charge in [-0.05, 0) is 41.0 Å². The number of thiazole rings is 1. The zero-order valence-corrected chi connectivity index (χ0v) is 18.2. The van der Waals surface area contributed by atoms with Crippen LogP contribution in [0.2, 0.25) is 5.02 Å². The van der Waals surface area contributed by atoms with Crippen LogP contribution in [0.1, 0.15) is 22.2 Å². The van der Waals surface area contributed by atoms with E-state index in [0.29, 0.717) is 23.7 Å². The summed E-state index contributed by atoms with van der Waals surface area (Å²) in [5, 5.41) is 3.37. The van der Waals surface area contributed by atoms with Gasteiger partial charge in [-0.3, -0.25) is 4.90 Å². The molecule has 1 fully saturated rings. The predicted octanol–water partition coefficient (Wildman–Crippen LogP) is 4.94. The highest BCUT2D eigenvalue weighted by molar-refractivity contribution is 8.00. The maximum absolute atomic E-state index is 13.7. The third-order valence-corrected chi connectivity index (χ3v) is 7.19. The van der Waals surface area contributed by atoms with E-state index in [9.17, 15) is 17.2 Å². The molecule has 30 heavy (non-hydrogen) atoms. The standard InChI is InChI=1S/C21H17ClF2N2O2S2/c1-30(27,28)20(14-8-17(23)10-18(24)9-14)15-11-26(12-15)19(21-25-6-7-29-21)13-2-4-16(22)5-3-13/h2-10,19H,11-12H2,1H3/t19-/m1/s1. The van der Waals surface area contributed by atoms with Gasteiger partial charge in [-0.2, -0.15) is 0 Å². The first-order chi connectivity index (χ1) is 14.2. The van der Waals surface area contributed by atoms with Crippen molar-refractivity contribution in [2.24, 2.45) is 0 Å². The average molecular weight is 467 g/mol. The number of likely N-dealkylation sites (tertiary alicyclic amines) is 1. The Labute approximate surface area is 182 Å². The Morgan fingerprint density at radius 2 is 1.77 bits per heavy atom. The van der Waals surface area contributed by atoms with Crippen molar-refractivity contribution < 1.29 is 17.2 Å². The Bertz CT molecular complexity index is 1180. The summed E-state index contributed by atoms with van der Waals surface area (Å²) in [5.41, 5.74) is 1.62. The van der Waals surface area contributed by atoms with Crippen molar-refractivity contribution in [3.05, 3.63) is 92.4 Å². The highest BCUT2D eigenvalue weighted by Crippen LogP contribution is 2.39. The van der Waals surface area contributed by atoms with E-state index in [-0.39, 0.29) is 16.5 Å². The minimum atomic E-state index is -3.70. The zero-order chi connectivity index (χ0) is 21.5. The SMILES string of the molecule is CS(=O)(=O)C(=C1CN([C@H](c2ccc(Cl)cc2)c2nccs2)C1)c1cc(F)cc(F)c1. The number of aromatic nitrogens is 1. The van der Waals surface area contributed by atoms with E-state index in [1.54, 1.807) is 18.3 Å². The van der Waals surface area contributed by atoms with Gasteiger partial charge in [0, 0.05) is 42.0 Å². The van der Waals surface area contributed by atoms with Gasteiger partial charge in [0.15, 0.2) is 9.84 Å². The predicted molar refractivity (Wildman–Crippen MR) is 115 cm³/mol. The highest BCUT2D eigenvalue weighted by atomic mass is 35.5. The second kappa shape index (κ2) is 8.19. The fourth-order valence-electron chi connectivity index (χ4n) is 3.66. The van der Waals surface area contributed by atoms with Crippen molar-refractivity contribution >= 4 is 37.7 Å². The molecule has 1 atom stereocenters. The van der Waals surface area contributed by atoms with E-state index in [1.807, 2.05) is 17.5 Å². The number of hydrogen-bond acceptors (Lipinski definition) is 5. The van der Waals surface area contributed by atoms with Gasteiger partial charge in [-0.1, -0.05) is 23.7 Å².